The first kappa shape index (κ1) is 15.0. The third kappa shape index (κ3) is 3.38. The maximum absolute atomic E-state index is 12.5. The summed E-state index contributed by atoms with van der Waals surface area (Å²) < 4.78 is 1.82. The van der Waals surface area contributed by atoms with Crippen LogP contribution in [0.4, 0.5) is 5.69 Å². The van der Waals surface area contributed by atoms with E-state index in [0.717, 1.165) is 46.1 Å². The van der Waals surface area contributed by atoms with Gasteiger partial charge in [-0.25, -0.2) is 0 Å². The molecule has 1 amide bonds. The fourth-order valence-corrected chi connectivity index (χ4v) is 3.90. The molecule has 1 aliphatic rings. The zero-order valence-electron chi connectivity index (χ0n) is 11.1. The molecule has 1 aromatic carbocycles. The van der Waals surface area contributed by atoms with E-state index in [1.807, 2.05) is 26.0 Å². The van der Waals surface area contributed by atoms with Gasteiger partial charge in [0.05, 0.1) is 5.69 Å². The Morgan fingerprint density at radius 2 is 1.79 bits per heavy atom. The number of benzene rings is 1. The molecule has 0 bridgehead atoms. The van der Waals surface area contributed by atoms with Crippen LogP contribution in [-0.2, 0) is 4.79 Å². The third-order valence-electron chi connectivity index (χ3n) is 3.68. The van der Waals surface area contributed by atoms with E-state index in [0.29, 0.717) is 0 Å². The minimum atomic E-state index is -0.283. The molecule has 3 nitrogen and oxygen atoms in total. The summed E-state index contributed by atoms with van der Waals surface area (Å²) in [7, 11) is 0. The van der Waals surface area contributed by atoms with Crippen LogP contribution >= 0.6 is 31.9 Å². The molecule has 104 valence electrons. The first-order chi connectivity index (χ1) is 8.92. The second-order valence-corrected chi connectivity index (χ2v) is 7.08. The minimum Gasteiger partial charge on any atom is -0.324 e. The van der Waals surface area contributed by atoms with Crippen molar-refractivity contribution in [1.29, 1.82) is 0 Å². The second kappa shape index (κ2) is 5.94. The standard InChI is InChI=1S/C14H18Br2N2O/c1-9-7-10(15)12(11(16)8-9)18-13(19)14(2)3-5-17-6-4-14/h7-8,17H,3-6H2,1-2H3,(H,18,19). The molecule has 0 aliphatic carbocycles. The van der Waals surface area contributed by atoms with Crippen LogP contribution < -0.4 is 10.6 Å². The van der Waals surface area contributed by atoms with Gasteiger partial charge in [0.15, 0.2) is 0 Å². The summed E-state index contributed by atoms with van der Waals surface area (Å²) >= 11 is 7.02. The predicted octanol–water partition coefficient (Wildman–Crippen LogP) is 3.85. The quantitative estimate of drug-likeness (QED) is 0.806. The zero-order chi connectivity index (χ0) is 14.0. The van der Waals surface area contributed by atoms with E-state index >= 15 is 0 Å². The summed E-state index contributed by atoms with van der Waals surface area (Å²) in [6.45, 7) is 5.87. The van der Waals surface area contributed by atoms with Gasteiger partial charge in [0.1, 0.15) is 0 Å². The lowest BCUT2D eigenvalue weighted by atomic mass is 9.80. The molecule has 1 heterocycles. The van der Waals surface area contributed by atoms with Crippen LogP contribution in [0.25, 0.3) is 0 Å². The summed E-state index contributed by atoms with van der Waals surface area (Å²) in [6, 6.07) is 4.01. The van der Waals surface area contributed by atoms with Crippen molar-refractivity contribution in [2.45, 2.75) is 26.7 Å². The number of piperidine rings is 1. The van der Waals surface area contributed by atoms with Crippen molar-refractivity contribution in [3.05, 3.63) is 26.6 Å². The Bertz CT molecular complexity index is 473. The Morgan fingerprint density at radius 3 is 2.32 bits per heavy atom. The Balaban J connectivity index is 2.19. The lowest BCUT2D eigenvalue weighted by Gasteiger charge is -2.32. The molecule has 1 fully saturated rings. The van der Waals surface area contributed by atoms with Gasteiger partial charge in [-0.3, -0.25) is 4.79 Å². The average Bonchev–Trinajstić information content (AvgIpc) is 2.34. The van der Waals surface area contributed by atoms with Gasteiger partial charge in [-0.2, -0.15) is 0 Å². The van der Waals surface area contributed by atoms with Gasteiger partial charge in [-0.15, -0.1) is 0 Å². The van der Waals surface area contributed by atoms with E-state index in [1.165, 1.54) is 0 Å². The van der Waals surface area contributed by atoms with E-state index < -0.39 is 0 Å². The smallest absolute Gasteiger partial charge is 0.230 e. The number of hydrogen-bond acceptors (Lipinski definition) is 2. The van der Waals surface area contributed by atoms with Crippen molar-refractivity contribution in [2.24, 2.45) is 5.41 Å². The molecule has 2 rings (SSSR count). The lowest BCUT2D eigenvalue weighted by molar-refractivity contribution is -0.126. The Kier molecular flexibility index (Phi) is 4.69. The van der Waals surface area contributed by atoms with Gasteiger partial charge < -0.3 is 10.6 Å². The maximum atomic E-state index is 12.5. The van der Waals surface area contributed by atoms with Crippen LogP contribution in [0.5, 0.6) is 0 Å². The summed E-state index contributed by atoms with van der Waals surface area (Å²) in [4.78, 5) is 12.5. The number of hydrogen-bond donors (Lipinski definition) is 2. The average molecular weight is 390 g/mol. The van der Waals surface area contributed by atoms with E-state index in [-0.39, 0.29) is 11.3 Å². The second-order valence-electron chi connectivity index (χ2n) is 5.37. The highest BCUT2D eigenvalue weighted by atomic mass is 79.9. The molecule has 19 heavy (non-hydrogen) atoms. The molecule has 2 N–H and O–H groups in total. The van der Waals surface area contributed by atoms with Gasteiger partial charge in [-0.05, 0) is 82.4 Å². The van der Waals surface area contributed by atoms with Crippen LogP contribution in [0.15, 0.2) is 21.1 Å². The molecule has 0 saturated carbocycles. The van der Waals surface area contributed by atoms with Gasteiger partial charge in [0.25, 0.3) is 0 Å². The van der Waals surface area contributed by atoms with Crippen molar-refractivity contribution in [1.82, 2.24) is 5.32 Å². The normalized spacial score (nSPS) is 18.1. The highest BCUT2D eigenvalue weighted by Crippen LogP contribution is 2.35. The Hall–Kier alpha value is -0.390. The van der Waals surface area contributed by atoms with E-state index in [1.54, 1.807) is 0 Å². The Labute approximate surface area is 130 Å². The number of aryl methyl sites for hydroxylation is 1. The van der Waals surface area contributed by atoms with Crippen LogP contribution in [0.1, 0.15) is 25.3 Å². The molecule has 0 unspecified atom stereocenters. The van der Waals surface area contributed by atoms with Gasteiger partial charge in [0, 0.05) is 14.4 Å². The SMILES string of the molecule is Cc1cc(Br)c(NC(=O)C2(C)CCNCC2)c(Br)c1. The number of carbonyl (C=O) groups is 1. The highest BCUT2D eigenvalue weighted by Gasteiger charge is 2.35. The molecule has 0 atom stereocenters. The van der Waals surface area contributed by atoms with Crippen LogP contribution in [-0.4, -0.2) is 19.0 Å². The molecule has 1 aromatic rings. The first-order valence-electron chi connectivity index (χ1n) is 6.40. The summed E-state index contributed by atoms with van der Waals surface area (Å²) in [5.74, 6) is 0.0965. The van der Waals surface area contributed by atoms with Crippen molar-refractivity contribution in [2.75, 3.05) is 18.4 Å². The lowest BCUT2D eigenvalue weighted by Crippen LogP contribution is -2.42. The summed E-state index contributed by atoms with van der Waals surface area (Å²) in [5, 5.41) is 6.35. The Morgan fingerprint density at radius 1 is 1.26 bits per heavy atom. The zero-order valence-corrected chi connectivity index (χ0v) is 14.3. The number of halogens is 2. The molecule has 5 heteroatoms. The fraction of sp³-hybridized carbons (Fsp3) is 0.500. The molecule has 0 aromatic heterocycles. The van der Waals surface area contributed by atoms with Crippen LogP contribution in [0.3, 0.4) is 0 Å². The van der Waals surface area contributed by atoms with Crippen molar-refractivity contribution in [3.8, 4) is 0 Å². The van der Waals surface area contributed by atoms with Crippen LogP contribution in [0, 0.1) is 12.3 Å². The molecular formula is C14H18Br2N2O. The predicted molar refractivity (Wildman–Crippen MR) is 85.4 cm³/mol. The summed E-state index contributed by atoms with van der Waals surface area (Å²) in [5.41, 5.74) is 1.68. The van der Waals surface area contributed by atoms with Crippen molar-refractivity contribution in [3.63, 3.8) is 0 Å². The number of carbonyl (C=O) groups excluding carboxylic acids is 1. The number of amides is 1. The van der Waals surface area contributed by atoms with Crippen molar-refractivity contribution < 1.29 is 4.79 Å². The van der Waals surface area contributed by atoms with E-state index in [2.05, 4.69) is 42.5 Å². The molecule has 0 radical (unpaired) electrons. The van der Waals surface area contributed by atoms with Crippen molar-refractivity contribution >= 4 is 43.5 Å². The van der Waals surface area contributed by atoms with Gasteiger partial charge in [0.2, 0.25) is 5.91 Å². The van der Waals surface area contributed by atoms with Gasteiger partial charge >= 0.3 is 0 Å². The van der Waals surface area contributed by atoms with Crippen LogP contribution in [0.2, 0.25) is 0 Å². The highest BCUT2D eigenvalue weighted by molar-refractivity contribution is 9.11. The maximum Gasteiger partial charge on any atom is 0.230 e. The number of nitrogens with one attached hydrogen (secondary N) is 2. The molecular weight excluding hydrogens is 372 g/mol. The van der Waals surface area contributed by atoms with E-state index in [9.17, 15) is 4.79 Å². The first-order valence-corrected chi connectivity index (χ1v) is 7.99. The summed E-state index contributed by atoms with van der Waals surface area (Å²) in [6.07, 6.45) is 1.75. The fourth-order valence-electron chi connectivity index (χ4n) is 2.29. The molecule has 1 saturated heterocycles. The third-order valence-corrected chi connectivity index (χ3v) is 4.93. The van der Waals surface area contributed by atoms with Gasteiger partial charge in [-0.1, -0.05) is 6.92 Å². The number of anilines is 1. The monoisotopic (exact) mass is 388 g/mol. The minimum absolute atomic E-state index is 0.0965. The topological polar surface area (TPSA) is 41.1 Å². The largest absolute Gasteiger partial charge is 0.324 e. The molecule has 1 aliphatic heterocycles. The van der Waals surface area contributed by atoms with E-state index in [4.69, 9.17) is 0 Å². The number of rotatable bonds is 2. The molecule has 0 spiro atoms.